The van der Waals surface area contributed by atoms with Gasteiger partial charge in [0.1, 0.15) is 0 Å². The van der Waals surface area contributed by atoms with Crippen molar-refractivity contribution in [1.29, 1.82) is 0 Å². The molecule has 144 valence electrons. The number of esters is 1. The van der Waals surface area contributed by atoms with Crippen molar-refractivity contribution in [2.45, 2.75) is 38.1 Å². The average molecular weight is 368 g/mol. The van der Waals surface area contributed by atoms with Gasteiger partial charge in [0.05, 0.1) is 31.7 Å². The van der Waals surface area contributed by atoms with Crippen molar-refractivity contribution in [1.82, 2.24) is 4.90 Å². The van der Waals surface area contributed by atoms with Gasteiger partial charge in [0, 0.05) is 24.2 Å². The Balaban J connectivity index is 1.66. The van der Waals surface area contributed by atoms with E-state index in [-0.39, 0.29) is 17.9 Å². The molecule has 0 N–H and O–H groups in total. The quantitative estimate of drug-likeness (QED) is 0.462. The Labute approximate surface area is 161 Å². The van der Waals surface area contributed by atoms with Crippen LogP contribution in [0.2, 0.25) is 0 Å². The molecule has 0 saturated carbocycles. The molecule has 0 radical (unpaired) electrons. The molecule has 3 aliphatic rings. The van der Waals surface area contributed by atoms with E-state index in [1.807, 2.05) is 0 Å². The summed E-state index contributed by atoms with van der Waals surface area (Å²) in [6.45, 7) is 4.29. The lowest BCUT2D eigenvalue weighted by Gasteiger charge is -2.48. The van der Waals surface area contributed by atoms with E-state index in [4.69, 9.17) is 14.5 Å². The van der Waals surface area contributed by atoms with Crippen LogP contribution < -0.4 is 0 Å². The highest BCUT2D eigenvalue weighted by Crippen LogP contribution is 2.46. The second-order valence-corrected chi connectivity index (χ2v) is 7.76. The van der Waals surface area contributed by atoms with Gasteiger partial charge in [-0.3, -0.25) is 9.89 Å². The molecular weight excluding hydrogens is 340 g/mol. The number of fused-ring (bicyclic) bond motifs is 5. The molecule has 5 nitrogen and oxygen atoms in total. The number of rotatable bonds is 4. The van der Waals surface area contributed by atoms with Crippen LogP contribution in [0.5, 0.6) is 0 Å². The summed E-state index contributed by atoms with van der Waals surface area (Å²) in [4.78, 5) is 20.0. The standard InChI is InChI=1S/C22H28N2O3/c1-4-14-12-24-10-9-16-15-7-5-6-8-19(15)23-21(16)20(24)11-17(14)18(13-26-2)22(25)27-3/h5-8,13-14,16-17,20H,4,9-12H2,1-3H3/b18-13+/t14-,16?,17+,20+/m1/s1. The highest BCUT2D eigenvalue weighted by molar-refractivity contribution is 6.02. The van der Waals surface area contributed by atoms with Crippen molar-refractivity contribution >= 4 is 17.4 Å². The van der Waals surface area contributed by atoms with Gasteiger partial charge in [0.2, 0.25) is 0 Å². The van der Waals surface area contributed by atoms with Gasteiger partial charge in [0.25, 0.3) is 0 Å². The summed E-state index contributed by atoms with van der Waals surface area (Å²) in [7, 11) is 3.03. The van der Waals surface area contributed by atoms with Crippen molar-refractivity contribution in [3.05, 3.63) is 41.7 Å². The minimum absolute atomic E-state index is 0.133. The molecule has 4 atom stereocenters. The molecule has 27 heavy (non-hydrogen) atoms. The van der Waals surface area contributed by atoms with Gasteiger partial charge < -0.3 is 9.47 Å². The van der Waals surface area contributed by atoms with Crippen molar-refractivity contribution < 1.29 is 14.3 Å². The summed E-state index contributed by atoms with van der Waals surface area (Å²) in [6, 6.07) is 8.79. The van der Waals surface area contributed by atoms with Crippen molar-refractivity contribution in [2.75, 3.05) is 27.3 Å². The number of hydrogen-bond donors (Lipinski definition) is 0. The average Bonchev–Trinajstić information content (AvgIpc) is 3.09. The van der Waals surface area contributed by atoms with E-state index in [0.717, 1.165) is 38.0 Å². The van der Waals surface area contributed by atoms with Crippen LogP contribution in [0.15, 0.2) is 41.1 Å². The molecule has 0 spiro atoms. The smallest absolute Gasteiger partial charge is 0.337 e. The minimum Gasteiger partial charge on any atom is -0.504 e. The lowest BCUT2D eigenvalue weighted by Crippen LogP contribution is -2.55. The SMILES string of the molecule is CC[C@@H]1CN2CCC3C(=Nc4ccccc43)[C@@H]2C[C@@H]1/C(=C\OC)C(=O)OC. The molecule has 1 aromatic carbocycles. The normalized spacial score (nSPS) is 30.0. The Bertz CT molecular complexity index is 786. The molecule has 2 saturated heterocycles. The van der Waals surface area contributed by atoms with Gasteiger partial charge in [-0.15, -0.1) is 0 Å². The number of hydrogen-bond acceptors (Lipinski definition) is 5. The summed E-state index contributed by atoms with van der Waals surface area (Å²) in [5.41, 5.74) is 4.42. The fourth-order valence-corrected chi connectivity index (χ4v) is 5.18. The van der Waals surface area contributed by atoms with Crippen LogP contribution in [0.1, 0.15) is 37.7 Å². The molecule has 0 aliphatic carbocycles. The molecule has 3 heterocycles. The van der Waals surface area contributed by atoms with Gasteiger partial charge in [-0.05, 0) is 42.9 Å². The predicted molar refractivity (Wildman–Crippen MR) is 105 cm³/mol. The summed E-state index contributed by atoms with van der Waals surface area (Å²) in [5, 5.41) is 0. The number of ether oxygens (including phenoxy) is 2. The molecule has 5 heteroatoms. The molecule has 0 aromatic heterocycles. The predicted octanol–water partition coefficient (Wildman–Crippen LogP) is 3.68. The largest absolute Gasteiger partial charge is 0.504 e. The number of nitrogens with zero attached hydrogens (tertiary/aromatic N) is 2. The zero-order valence-corrected chi connectivity index (χ0v) is 16.4. The van der Waals surface area contributed by atoms with Crippen LogP contribution in [-0.4, -0.2) is 49.9 Å². The topological polar surface area (TPSA) is 51.1 Å². The molecule has 3 aliphatic heterocycles. The van der Waals surface area contributed by atoms with Gasteiger partial charge in [0.15, 0.2) is 0 Å². The monoisotopic (exact) mass is 368 g/mol. The Morgan fingerprint density at radius 1 is 1.33 bits per heavy atom. The van der Waals surface area contributed by atoms with Crippen LogP contribution >= 0.6 is 0 Å². The fourth-order valence-electron chi connectivity index (χ4n) is 5.18. The third-order valence-electron chi connectivity index (χ3n) is 6.51. The highest BCUT2D eigenvalue weighted by Gasteiger charge is 2.46. The molecule has 4 rings (SSSR count). The molecule has 0 amide bonds. The van der Waals surface area contributed by atoms with Crippen molar-refractivity contribution in [3.63, 3.8) is 0 Å². The molecule has 1 aromatic rings. The molecule has 0 bridgehead atoms. The van der Waals surface area contributed by atoms with E-state index in [1.165, 1.54) is 18.4 Å². The van der Waals surface area contributed by atoms with Gasteiger partial charge >= 0.3 is 5.97 Å². The van der Waals surface area contributed by atoms with E-state index in [1.54, 1.807) is 13.4 Å². The van der Waals surface area contributed by atoms with Crippen LogP contribution in [0, 0.1) is 11.8 Å². The number of aliphatic imine (C=N–C) groups is 1. The highest BCUT2D eigenvalue weighted by atomic mass is 16.5. The number of piperidine rings is 2. The summed E-state index contributed by atoms with van der Waals surface area (Å²) in [5.74, 6) is 0.698. The number of para-hydroxylation sites is 1. The Morgan fingerprint density at radius 2 is 2.15 bits per heavy atom. The lowest BCUT2D eigenvalue weighted by atomic mass is 9.71. The van der Waals surface area contributed by atoms with Crippen LogP contribution in [-0.2, 0) is 14.3 Å². The van der Waals surface area contributed by atoms with Crippen molar-refractivity contribution in [3.8, 4) is 0 Å². The summed E-state index contributed by atoms with van der Waals surface area (Å²) in [6.07, 6.45) is 4.64. The Hall–Kier alpha value is -2.14. The molecular formula is C22H28N2O3. The van der Waals surface area contributed by atoms with E-state index in [9.17, 15) is 4.79 Å². The van der Waals surface area contributed by atoms with Crippen LogP contribution in [0.25, 0.3) is 0 Å². The molecule has 1 unspecified atom stereocenters. The number of benzene rings is 1. The number of carbonyl (C=O) groups is 1. The summed E-state index contributed by atoms with van der Waals surface area (Å²) >= 11 is 0. The first-order valence-electron chi connectivity index (χ1n) is 9.90. The maximum absolute atomic E-state index is 12.4. The zero-order valence-electron chi connectivity index (χ0n) is 16.4. The van der Waals surface area contributed by atoms with E-state index < -0.39 is 0 Å². The third kappa shape index (κ3) is 3.08. The van der Waals surface area contributed by atoms with Gasteiger partial charge in [-0.25, -0.2) is 4.79 Å². The van der Waals surface area contributed by atoms with Gasteiger partial charge in [-0.2, -0.15) is 0 Å². The summed E-state index contributed by atoms with van der Waals surface area (Å²) < 4.78 is 10.3. The minimum atomic E-state index is -0.280. The van der Waals surface area contributed by atoms with Gasteiger partial charge in [-0.1, -0.05) is 31.5 Å². The van der Waals surface area contributed by atoms with Crippen LogP contribution in [0.4, 0.5) is 5.69 Å². The maximum atomic E-state index is 12.4. The third-order valence-corrected chi connectivity index (χ3v) is 6.51. The fraction of sp³-hybridized carbons (Fsp3) is 0.545. The lowest BCUT2D eigenvalue weighted by molar-refractivity contribution is -0.137. The first-order valence-corrected chi connectivity index (χ1v) is 9.90. The van der Waals surface area contributed by atoms with E-state index >= 15 is 0 Å². The second kappa shape index (κ2) is 7.47. The van der Waals surface area contributed by atoms with E-state index in [0.29, 0.717) is 17.4 Å². The van der Waals surface area contributed by atoms with Crippen LogP contribution in [0.3, 0.4) is 0 Å². The Kier molecular flexibility index (Phi) is 5.04. The Morgan fingerprint density at radius 3 is 2.89 bits per heavy atom. The number of carbonyl (C=O) groups excluding carboxylic acids is 1. The first-order chi connectivity index (χ1) is 13.2. The zero-order chi connectivity index (χ0) is 19.0. The maximum Gasteiger partial charge on any atom is 0.337 e. The van der Waals surface area contributed by atoms with E-state index in [2.05, 4.69) is 36.1 Å². The molecule has 2 fully saturated rings. The van der Waals surface area contributed by atoms with Crippen molar-refractivity contribution in [2.24, 2.45) is 16.8 Å². The number of methoxy groups -OCH3 is 2. The first kappa shape index (κ1) is 18.2. The second-order valence-electron chi connectivity index (χ2n) is 7.76.